The summed E-state index contributed by atoms with van der Waals surface area (Å²) in [5, 5.41) is 34.8. The van der Waals surface area contributed by atoms with Crippen molar-refractivity contribution in [3.05, 3.63) is 65.7 Å². The Morgan fingerprint density at radius 2 is 1.03 bits per heavy atom. The molecule has 0 aliphatic heterocycles. The first-order valence-electron chi connectivity index (χ1n) is 21.5. The molecule has 2 rings (SSSR count). The van der Waals surface area contributed by atoms with Crippen LogP contribution in [0.5, 0.6) is 5.75 Å². The van der Waals surface area contributed by atoms with Crippen molar-refractivity contribution in [2.24, 2.45) is 23.1 Å². The number of aromatic hydroxyl groups is 1. The van der Waals surface area contributed by atoms with Gasteiger partial charge in [-0.05, 0) is 105 Å². The summed E-state index contributed by atoms with van der Waals surface area (Å²) in [6.45, 7) is 3.95. The molecule has 0 bridgehead atoms. The molecule has 7 atom stereocenters. The third kappa shape index (κ3) is 21.4. The number of carbonyl (C=O) groups excluding carboxylic acids is 7. The van der Waals surface area contributed by atoms with Gasteiger partial charge in [-0.1, -0.05) is 56.3 Å². The maximum atomic E-state index is 14.3. The van der Waals surface area contributed by atoms with Crippen LogP contribution in [0.3, 0.4) is 0 Å². The third-order valence-electron chi connectivity index (χ3n) is 10.1. The zero-order chi connectivity index (χ0) is 48.5. The number of phenols is 1. The fourth-order valence-electron chi connectivity index (χ4n) is 6.55. The lowest BCUT2D eigenvalue weighted by atomic mass is 10.0. The van der Waals surface area contributed by atoms with Gasteiger partial charge in [-0.2, -0.15) is 23.5 Å². The molecule has 19 nitrogen and oxygen atoms in total. The first-order valence-corrected chi connectivity index (χ1v) is 24.3. The molecule has 2 aromatic rings. The van der Waals surface area contributed by atoms with E-state index in [1.807, 2.05) is 20.1 Å². The van der Waals surface area contributed by atoms with Crippen LogP contribution >= 0.6 is 23.5 Å². The molecule has 0 spiro atoms. The second kappa shape index (κ2) is 29.9. The van der Waals surface area contributed by atoms with Gasteiger partial charge in [-0.15, -0.1) is 0 Å². The van der Waals surface area contributed by atoms with Crippen LogP contribution in [0.25, 0.3) is 0 Å². The van der Waals surface area contributed by atoms with Crippen molar-refractivity contribution in [1.29, 1.82) is 0 Å². The second-order valence-electron chi connectivity index (χ2n) is 16.0. The number of amides is 7. The zero-order valence-corrected chi connectivity index (χ0v) is 39.1. The molecule has 0 heterocycles. The highest BCUT2D eigenvalue weighted by atomic mass is 32.2. The summed E-state index contributed by atoms with van der Waals surface area (Å²) in [5.74, 6) is -5.88. The van der Waals surface area contributed by atoms with Crippen LogP contribution in [0.1, 0.15) is 69.9 Å². The maximum absolute atomic E-state index is 14.3. The average Bonchev–Trinajstić information content (AvgIpc) is 3.25. The number of carbonyl (C=O) groups is 8. The van der Waals surface area contributed by atoms with Gasteiger partial charge in [0, 0.05) is 6.42 Å². The summed E-state index contributed by atoms with van der Waals surface area (Å²) in [7, 11) is 0. The number of phenolic OH excluding ortho intramolecular Hbond substituents is 1. The second-order valence-corrected chi connectivity index (χ2v) is 18.0. The summed E-state index contributed by atoms with van der Waals surface area (Å²) in [6.07, 6.45) is 4.46. The molecule has 0 aliphatic rings. The van der Waals surface area contributed by atoms with Crippen molar-refractivity contribution in [2.45, 2.75) is 114 Å². The maximum Gasteiger partial charge on any atom is 0.305 e. The average molecular weight is 946 g/mol. The molecule has 7 amide bonds. The standard InChI is InChI=1S/C44H67N9O10S2/c1-26(2)22-35(43(62)50-33(18-21-65-4)41(60)51-34(38(47)57)25-37(55)56)52-40(59)31(12-8-9-19-45)49-44(63)36(24-27-10-6-5-7-11-27)53-42(61)32(17-20-64-3)48-39(58)30(46)23-28-13-15-29(54)16-14-28/h5-7,10-11,13-16,26,30-36,54H,8-9,12,17-25,45-46H2,1-4H3,(H2,47,57)(H,48,58)(H,49,63)(H,50,62)(H,51,60)(H,52,59)(H,53,61)(H,55,56)/t30-,31-,32-,33-,34-,35-,36-/m0/s1. The SMILES string of the molecule is CSCC[C@H](NC(=O)[C@H](CC(C)C)NC(=O)[C@H](CCCCN)NC(=O)[C@H](Cc1ccccc1)NC(=O)[C@H](CCSC)NC(=O)[C@@H](N)Cc1ccc(O)cc1)C(=O)N[C@@H](CC(=O)O)C(N)=O. The molecule has 0 unspecified atom stereocenters. The Bertz CT molecular complexity index is 1860. The number of carboxylic acids is 1. The van der Waals surface area contributed by atoms with Gasteiger partial charge in [-0.3, -0.25) is 38.4 Å². The molecule has 0 fully saturated rings. The van der Waals surface area contributed by atoms with Crippen LogP contribution in [0.15, 0.2) is 54.6 Å². The number of unbranched alkanes of at least 4 members (excludes halogenated alkanes) is 1. The van der Waals surface area contributed by atoms with E-state index >= 15 is 0 Å². The van der Waals surface area contributed by atoms with E-state index in [0.29, 0.717) is 42.0 Å². The number of aliphatic carboxylic acids is 1. The largest absolute Gasteiger partial charge is 0.508 e. The monoisotopic (exact) mass is 945 g/mol. The number of benzene rings is 2. The first-order chi connectivity index (χ1) is 30.9. The van der Waals surface area contributed by atoms with Crippen molar-refractivity contribution in [3.8, 4) is 5.75 Å². The summed E-state index contributed by atoms with van der Waals surface area (Å²) in [6, 6.07) is 6.61. The zero-order valence-electron chi connectivity index (χ0n) is 37.5. The Morgan fingerprint density at radius 3 is 1.52 bits per heavy atom. The van der Waals surface area contributed by atoms with Gasteiger partial charge in [-0.25, -0.2) is 0 Å². The highest BCUT2D eigenvalue weighted by Crippen LogP contribution is 2.14. The number of nitrogens with one attached hydrogen (secondary N) is 6. The van der Waals surface area contributed by atoms with E-state index in [0.717, 1.165) is 0 Å². The first kappa shape index (κ1) is 55.8. The normalized spacial score (nSPS) is 14.3. The van der Waals surface area contributed by atoms with E-state index in [-0.39, 0.29) is 50.2 Å². The van der Waals surface area contributed by atoms with Gasteiger partial charge in [0.15, 0.2) is 0 Å². The quantitative estimate of drug-likeness (QED) is 0.0446. The summed E-state index contributed by atoms with van der Waals surface area (Å²) >= 11 is 2.83. The van der Waals surface area contributed by atoms with Crippen LogP contribution in [0.2, 0.25) is 0 Å². The van der Waals surface area contributed by atoms with Crippen LogP contribution in [-0.4, -0.2) is 130 Å². The summed E-state index contributed by atoms with van der Waals surface area (Å²) < 4.78 is 0. The Morgan fingerprint density at radius 1 is 0.585 bits per heavy atom. The molecule has 21 heteroatoms. The van der Waals surface area contributed by atoms with Crippen LogP contribution in [0, 0.1) is 5.92 Å². The van der Waals surface area contributed by atoms with Gasteiger partial charge in [0.05, 0.1) is 12.5 Å². The smallest absolute Gasteiger partial charge is 0.305 e. The predicted octanol–water partition coefficient (Wildman–Crippen LogP) is 0.0548. The molecule has 14 N–H and O–H groups in total. The number of thioether (sulfide) groups is 2. The van der Waals surface area contributed by atoms with Crippen LogP contribution in [-0.2, 0) is 51.2 Å². The molecule has 65 heavy (non-hydrogen) atoms. The molecule has 2 aromatic carbocycles. The Balaban J connectivity index is 2.39. The van der Waals surface area contributed by atoms with E-state index < -0.39 is 96.0 Å². The number of hydrogen-bond acceptors (Lipinski definition) is 13. The van der Waals surface area contributed by atoms with Gasteiger partial charge in [0.2, 0.25) is 41.4 Å². The lowest BCUT2D eigenvalue weighted by Gasteiger charge is -2.28. The minimum absolute atomic E-state index is 0.0140. The number of nitrogens with two attached hydrogens (primary N) is 3. The van der Waals surface area contributed by atoms with Crippen LogP contribution < -0.4 is 49.1 Å². The van der Waals surface area contributed by atoms with E-state index in [1.165, 1.54) is 35.7 Å². The minimum Gasteiger partial charge on any atom is -0.508 e. The van der Waals surface area contributed by atoms with Crippen molar-refractivity contribution >= 4 is 70.8 Å². The summed E-state index contributed by atoms with van der Waals surface area (Å²) in [4.78, 5) is 106. The number of rotatable bonds is 31. The third-order valence-corrected chi connectivity index (χ3v) is 11.4. The number of hydrogen-bond donors (Lipinski definition) is 11. The van der Waals surface area contributed by atoms with Crippen molar-refractivity contribution < 1.29 is 48.6 Å². The van der Waals surface area contributed by atoms with E-state index in [9.17, 15) is 48.6 Å². The molecule has 360 valence electrons. The van der Waals surface area contributed by atoms with E-state index in [4.69, 9.17) is 17.2 Å². The lowest BCUT2D eigenvalue weighted by molar-refractivity contribution is -0.140. The highest BCUT2D eigenvalue weighted by Gasteiger charge is 2.34. The summed E-state index contributed by atoms with van der Waals surface area (Å²) in [5.41, 5.74) is 18.7. The van der Waals surface area contributed by atoms with Gasteiger partial charge in [0.1, 0.15) is 42.0 Å². The Hall–Kier alpha value is -5.38. The molecule has 0 aromatic heterocycles. The fourth-order valence-corrected chi connectivity index (χ4v) is 7.49. The van der Waals surface area contributed by atoms with Crippen molar-refractivity contribution in [2.75, 3.05) is 30.6 Å². The molecule has 0 saturated heterocycles. The number of primary amides is 1. The Labute approximate surface area is 389 Å². The van der Waals surface area contributed by atoms with E-state index in [1.54, 1.807) is 48.7 Å². The Kier molecular flexibility index (Phi) is 25.7. The predicted molar refractivity (Wildman–Crippen MR) is 251 cm³/mol. The molecule has 0 saturated carbocycles. The van der Waals surface area contributed by atoms with Crippen molar-refractivity contribution in [3.63, 3.8) is 0 Å². The van der Waals surface area contributed by atoms with Gasteiger partial charge < -0.3 is 59.3 Å². The topological polar surface area (TPSA) is 327 Å². The minimum atomic E-state index is -1.53. The lowest BCUT2D eigenvalue weighted by Crippen LogP contribution is -2.60. The highest BCUT2D eigenvalue weighted by molar-refractivity contribution is 7.98. The van der Waals surface area contributed by atoms with Gasteiger partial charge >= 0.3 is 5.97 Å². The number of carboxylic acid groups (broad SMARTS) is 1. The van der Waals surface area contributed by atoms with Crippen LogP contribution in [0.4, 0.5) is 0 Å². The van der Waals surface area contributed by atoms with Gasteiger partial charge in [0.25, 0.3) is 0 Å². The van der Waals surface area contributed by atoms with Crippen molar-refractivity contribution in [1.82, 2.24) is 31.9 Å². The fraction of sp³-hybridized carbons (Fsp3) is 0.545. The molecule has 0 aliphatic carbocycles. The molecular weight excluding hydrogens is 879 g/mol. The molecule has 0 radical (unpaired) electrons. The van der Waals surface area contributed by atoms with E-state index in [2.05, 4.69) is 31.9 Å². The molecular formula is C44H67N9O10S2.